The Morgan fingerprint density at radius 2 is 2.33 bits per heavy atom. The zero-order valence-electron chi connectivity index (χ0n) is 8.77. The first-order valence-corrected chi connectivity index (χ1v) is 6.18. The fourth-order valence-corrected chi connectivity index (χ4v) is 2.71. The van der Waals surface area contributed by atoms with Crippen molar-refractivity contribution < 1.29 is 0 Å². The van der Waals surface area contributed by atoms with Gasteiger partial charge in [-0.15, -0.1) is 11.3 Å². The molecule has 2 aromatic rings. The van der Waals surface area contributed by atoms with E-state index in [4.69, 9.17) is 11.6 Å². The van der Waals surface area contributed by atoms with Crippen LogP contribution in [0.1, 0.15) is 30.5 Å². The maximum absolute atomic E-state index is 6.04. The van der Waals surface area contributed by atoms with Crippen LogP contribution < -0.4 is 0 Å². The van der Waals surface area contributed by atoms with Crippen molar-refractivity contribution in [1.82, 2.24) is 9.55 Å². The molecule has 0 bridgehead atoms. The summed E-state index contributed by atoms with van der Waals surface area (Å²) in [5.41, 5.74) is 1.18. The molecule has 0 radical (unpaired) electrons. The van der Waals surface area contributed by atoms with Gasteiger partial charge in [0.1, 0.15) is 0 Å². The maximum Gasteiger partial charge on any atom is 0.203 e. The van der Waals surface area contributed by atoms with E-state index in [2.05, 4.69) is 40.9 Å². The Kier molecular flexibility index (Phi) is 3.12. The lowest BCUT2D eigenvalue weighted by Crippen LogP contribution is -2.05. The van der Waals surface area contributed by atoms with Crippen LogP contribution in [-0.2, 0) is 6.42 Å². The number of hydrogen-bond acceptors (Lipinski definition) is 2. The van der Waals surface area contributed by atoms with Crippen LogP contribution in [-0.4, -0.2) is 9.55 Å². The third kappa shape index (κ3) is 2.24. The predicted molar refractivity (Wildman–Crippen MR) is 64.7 cm³/mol. The molecule has 2 nitrogen and oxygen atoms in total. The van der Waals surface area contributed by atoms with Gasteiger partial charge in [0.15, 0.2) is 0 Å². The summed E-state index contributed by atoms with van der Waals surface area (Å²) in [6.45, 7) is 4.23. The molecule has 0 fully saturated rings. The highest BCUT2D eigenvalue weighted by Gasteiger charge is 2.11. The molecule has 0 unspecified atom stereocenters. The van der Waals surface area contributed by atoms with Crippen molar-refractivity contribution in [2.45, 2.75) is 26.3 Å². The van der Waals surface area contributed by atoms with Crippen molar-refractivity contribution in [3.63, 3.8) is 0 Å². The predicted octanol–water partition coefficient (Wildman–Crippen LogP) is 3.77. The highest BCUT2D eigenvalue weighted by Crippen LogP contribution is 2.21. The number of aromatic nitrogens is 2. The Morgan fingerprint density at radius 3 is 2.93 bits per heavy atom. The molecule has 4 heteroatoms. The van der Waals surface area contributed by atoms with Crippen molar-refractivity contribution in [2.24, 2.45) is 0 Å². The Morgan fingerprint density at radius 1 is 1.53 bits per heavy atom. The Balaban J connectivity index is 2.29. The molecule has 0 saturated carbocycles. The monoisotopic (exact) mass is 240 g/mol. The lowest BCUT2D eigenvalue weighted by atomic mass is 10.2. The smallest absolute Gasteiger partial charge is 0.203 e. The number of thiophene rings is 1. The Hall–Kier alpha value is -0.800. The molecule has 0 saturated heterocycles. The van der Waals surface area contributed by atoms with Gasteiger partial charge in [0, 0.05) is 23.0 Å². The number of rotatable bonds is 3. The van der Waals surface area contributed by atoms with Gasteiger partial charge in [0.2, 0.25) is 5.28 Å². The largest absolute Gasteiger partial charge is 0.316 e. The summed E-state index contributed by atoms with van der Waals surface area (Å²) in [5, 5.41) is 2.67. The highest BCUT2D eigenvalue weighted by molar-refractivity contribution is 7.09. The molecule has 0 amide bonds. The van der Waals surface area contributed by atoms with Crippen LogP contribution >= 0.6 is 22.9 Å². The van der Waals surface area contributed by atoms with E-state index in [0.29, 0.717) is 11.3 Å². The number of hydrogen-bond donors (Lipinski definition) is 0. The van der Waals surface area contributed by atoms with E-state index in [0.717, 1.165) is 6.42 Å². The third-order valence-electron chi connectivity index (χ3n) is 2.28. The van der Waals surface area contributed by atoms with E-state index in [1.165, 1.54) is 10.6 Å². The average molecular weight is 241 g/mol. The summed E-state index contributed by atoms with van der Waals surface area (Å²) in [5.74, 6) is 0. The number of imidazole rings is 1. The average Bonchev–Trinajstić information content (AvgIpc) is 2.76. The van der Waals surface area contributed by atoms with Gasteiger partial charge in [-0.1, -0.05) is 6.07 Å². The van der Waals surface area contributed by atoms with Gasteiger partial charge in [0.25, 0.3) is 0 Å². The minimum absolute atomic E-state index is 0.356. The summed E-state index contributed by atoms with van der Waals surface area (Å²) in [6, 6.07) is 4.56. The van der Waals surface area contributed by atoms with Gasteiger partial charge in [-0.2, -0.15) is 0 Å². The quantitative estimate of drug-likeness (QED) is 0.799. The molecule has 0 atom stereocenters. The molecule has 2 aromatic heterocycles. The maximum atomic E-state index is 6.04. The first-order chi connectivity index (χ1) is 7.18. The van der Waals surface area contributed by atoms with E-state index in [1.54, 1.807) is 11.3 Å². The van der Waals surface area contributed by atoms with Gasteiger partial charge in [-0.3, -0.25) is 0 Å². The fraction of sp³-hybridized carbons (Fsp3) is 0.364. The topological polar surface area (TPSA) is 17.8 Å². The SMILES string of the molecule is CC(C)n1c(Cc2cccs2)cnc1Cl. The van der Waals surface area contributed by atoms with E-state index in [1.807, 2.05) is 6.20 Å². The Bertz CT molecular complexity index is 431. The van der Waals surface area contributed by atoms with Crippen molar-refractivity contribution in [2.75, 3.05) is 0 Å². The van der Waals surface area contributed by atoms with E-state index in [-0.39, 0.29) is 0 Å². The zero-order chi connectivity index (χ0) is 10.8. The fourth-order valence-electron chi connectivity index (χ4n) is 1.64. The van der Waals surface area contributed by atoms with Crippen LogP contribution in [0.3, 0.4) is 0 Å². The zero-order valence-corrected chi connectivity index (χ0v) is 10.3. The third-order valence-corrected chi connectivity index (χ3v) is 3.44. The van der Waals surface area contributed by atoms with Crippen LogP contribution in [0.2, 0.25) is 5.28 Å². The molecule has 2 heterocycles. The lowest BCUT2D eigenvalue weighted by Gasteiger charge is -2.12. The second-order valence-electron chi connectivity index (χ2n) is 3.74. The standard InChI is InChI=1S/C11H13ClN2S/c1-8(2)14-9(7-13-11(14)12)6-10-4-3-5-15-10/h3-5,7-8H,6H2,1-2H3. The molecule has 0 aliphatic carbocycles. The molecule has 0 aliphatic heterocycles. The van der Waals surface area contributed by atoms with Crippen LogP contribution in [0.5, 0.6) is 0 Å². The summed E-state index contributed by atoms with van der Waals surface area (Å²) < 4.78 is 2.07. The normalized spacial score (nSPS) is 11.2. The Labute approximate surface area is 98.5 Å². The van der Waals surface area contributed by atoms with Crippen LogP contribution in [0.4, 0.5) is 0 Å². The molecule has 0 aliphatic rings. The molecular weight excluding hydrogens is 228 g/mol. The van der Waals surface area contributed by atoms with Crippen LogP contribution in [0.15, 0.2) is 23.7 Å². The van der Waals surface area contributed by atoms with Gasteiger partial charge in [-0.05, 0) is 36.9 Å². The molecule has 80 valence electrons. The highest BCUT2D eigenvalue weighted by atomic mass is 35.5. The van der Waals surface area contributed by atoms with Gasteiger partial charge >= 0.3 is 0 Å². The second-order valence-corrected chi connectivity index (χ2v) is 5.11. The number of nitrogens with zero attached hydrogens (tertiary/aromatic N) is 2. The lowest BCUT2D eigenvalue weighted by molar-refractivity contribution is 0.580. The van der Waals surface area contributed by atoms with Crippen molar-refractivity contribution >= 4 is 22.9 Å². The molecule has 0 spiro atoms. The van der Waals surface area contributed by atoms with Gasteiger partial charge in [0.05, 0.1) is 6.20 Å². The summed E-state index contributed by atoms with van der Waals surface area (Å²) >= 11 is 7.80. The van der Waals surface area contributed by atoms with E-state index >= 15 is 0 Å². The van der Waals surface area contributed by atoms with Gasteiger partial charge < -0.3 is 4.57 Å². The second kappa shape index (κ2) is 4.37. The van der Waals surface area contributed by atoms with E-state index in [9.17, 15) is 0 Å². The van der Waals surface area contributed by atoms with Crippen molar-refractivity contribution in [3.8, 4) is 0 Å². The summed E-state index contributed by atoms with van der Waals surface area (Å²) in [7, 11) is 0. The van der Waals surface area contributed by atoms with Crippen LogP contribution in [0, 0.1) is 0 Å². The van der Waals surface area contributed by atoms with Crippen molar-refractivity contribution in [1.29, 1.82) is 0 Å². The molecular formula is C11H13ClN2S. The first-order valence-electron chi connectivity index (χ1n) is 4.92. The molecule has 15 heavy (non-hydrogen) atoms. The van der Waals surface area contributed by atoms with Crippen molar-refractivity contribution in [3.05, 3.63) is 39.6 Å². The minimum Gasteiger partial charge on any atom is -0.316 e. The molecule has 0 aromatic carbocycles. The first kappa shape index (κ1) is 10.7. The minimum atomic E-state index is 0.356. The summed E-state index contributed by atoms with van der Waals surface area (Å²) in [6.07, 6.45) is 2.78. The molecule has 2 rings (SSSR count). The van der Waals surface area contributed by atoms with E-state index < -0.39 is 0 Å². The molecule has 0 N–H and O–H groups in total. The summed E-state index contributed by atoms with van der Waals surface area (Å²) in [4.78, 5) is 5.49. The van der Waals surface area contributed by atoms with Gasteiger partial charge in [-0.25, -0.2) is 4.98 Å². The number of halogens is 1. The van der Waals surface area contributed by atoms with Crippen LogP contribution in [0.25, 0.3) is 0 Å².